The van der Waals surface area contributed by atoms with Gasteiger partial charge in [0, 0.05) is 19.3 Å². The molecule has 0 aliphatic carbocycles. The summed E-state index contributed by atoms with van der Waals surface area (Å²) in [6, 6.07) is 0. The van der Waals surface area contributed by atoms with Gasteiger partial charge in [0.1, 0.15) is 13.2 Å². The van der Waals surface area contributed by atoms with Crippen molar-refractivity contribution >= 4 is 17.9 Å². The summed E-state index contributed by atoms with van der Waals surface area (Å²) in [5, 5.41) is 0. The van der Waals surface area contributed by atoms with E-state index in [1.54, 1.807) is 0 Å². The smallest absolute Gasteiger partial charge is 0.306 e. The summed E-state index contributed by atoms with van der Waals surface area (Å²) in [6.45, 7) is 6.43. The van der Waals surface area contributed by atoms with Crippen LogP contribution in [0.3, 0.4) is 0 Å². The molecule has 0 spiro atoms. The van der Waals surface area contributed by atoms with Crippen molar-refractivity contribution in [3.63, 3.8) is 0 Å². The lowest BCUT2D eigenvalue weighted by atomic mass is 10.1. The number of ether oxygens (including phenoxy) is 3. The fraction of sp³-hybridized carbons (Fsp3) is 0.682. The molecule has 0 N–H and O–H groups in total. The summed E-state index contributed by atoms with van der Waals surface area (Å²) in [6.07, 6.45) is 81.3. The molecule has 410 valence electrons. The SMILES string of the molecule is CC/C=C\C/C=C\C/C=C\C/C=C\C/C=C\C/C=C\C/C=C\C/C=C\CCCCCCCCC(=O)OCC(COC(=O)CCCCCCC)OC(=O)CCCCCCCCC/C=C\CCCCCCCCC. The van der Waals surface area contributed by atoms with E-state index in [-0.39, 0.29) is 31.1 Å². The lowest BCUT2D eigenvalue weighted by Crippen LogP contribution is -2.30. The summed E-state index contributed by atoms with van der Waals surface area (Å²) < 4.78 is 16.7. The van der Waals surface area contributed by atoms with Crippen molar-refractivity contribution in [3.05, 3.63) is 109 Å². The zero-order valence-electron chi connectivity index (χ0n) is 46.9. The third-order valence-corrected chi connectivity index (χ3v) is 12.5. The molecule has 0 fully saturated rings. The van der Waals surface area contributed by atoms with Gasteiger partial charge in [-0.05, 0) is 109 Å². The van der Waals surface area contributed by atoms with Gasteiger partial charge in [0.25, 0.3) is 0 Å². The molecule has 72 heavy (non-hydrogen) atoms. The van der Waals surface area contributed by atoms with Crippen molar-refractivity contribution in [3.8, 4) is 0 Å². The van der Waals surface area contributed by atoms with Crippen LogP contribution in [-0.2, 0) is 28.6 Å². The Morgan fingerprint density at radius 3 is 0.861 bits per heavy atom. The molecular formula is C66H110O6. The zero-order chi connectivity index (χ0) is 52.2. The van der Waals surface area contributed by atoms with Crippen LogP contribution in [0.1, 0.15) is 271 Å². The maximum absolute atomic E-state index is 12.8. The minimum atomic E-state index is -0.784. The molecule has 0 saturated carbocycles. The van der Waals surface area contributed by atoms with Gasteiger partial charge in [-0.1, -0.05) is 252 Å². The minimum absolute atomic E-state index is 0.0852. The molecule has 0 radical (unpaired) electrons. The molecule has 0 aromatic heterocycles. The van der Waals surface area contributed by atoms with Gasteiger partial charge in [-0.15, -0.1) is 0 Å². The molecule has 0 aliphatic heterocycles. The van der Waals surface area contributed by atoms with Crippen LogP contribution in [0.5, 0.6) is 0 Å². The largest absolute Gasteiger partial charge is 0.462 e. The highest BCUT2D eigenvalue weighted by Gasteiger charge is 2.19. The highest BCUT2D eigenvalue weighted by atomic mass is 16.6. The van der Waals surface area contributed by atoms with Crippen molar-refractivity contribution in [2.75, 3.05) is 13.2 Å². The van der Waals surface area contributed by atoms with E-state index < -0.39 is 6.10 Å². The average Bonchev–Trinajstić information content (AvgIpc) is 3.38. The van der Waals surface area contributed by atoms with Crippen LogP contribution >= 0.6 is 0 Å². The van der Waals surface area contributed by atoms with E-state index in [1.807, 2.05) is 0 Å². The Bertz CT molecular complexity index is 1470. The van der Waals surface area contributed by atoms with E-state index in [9.17, 15) is 14.4 Å². The number of hydrogen-bond acceptors (Lipinski definition) is 6. The molecule has 0 rings (SSSR count). The van der Waals surface area contributed by atoms with Gasteiger partial charge < -0.3 is 14.2 Å². The molecule has 0 heterocycles. The van der Waals surface area contributed by atoms with Gasteiger partial charge >= 0.3 is 17.9 Å². The van der Waals surface area contributed by atoms with Gasteiger partial charge in [0.15, 0.2) is 6.10 Å². The number of esters is 3. The zero-order valence-corrected chi connectivity index (χ0v) is 46.9. The fourth-order valence-electron chi connectivity index (χ4n) is 8.04. The van der Waals surface area contributed by atoms with Crippen LogP contribution in [-0.4, -0.2) is 37.2 Å². The van der Waals surface area contributed by atoms with E-state index in [4.69, 9.17) is 14.2 Å². The maximum atomic E-state index is 12.8. The normalized spacial score (nSPS) is 12.9. The monoisotopic (exact) mass is 999 g/mol. The van der Waals surface area contributed by atoms with Crippen LogP contribution in [0.4, 0.5) is 0 Å². The summed E-state index contributed by atoms with van der Waals surface area (Å²) in [5.74, 6) is -0.917. The van der Waals surface area contributed by atoms with Crippen molar-refractivity contribution in [2.24, 2.45) is 0 Å². The van der Waals surface area contributed by atoms with Gasteiger partial charge in [-0.25, -0.2) is 0 Å². The molecule has 0 aliphatic rings. The number of allylic oxidation sites excluding steroid dienone is 18. The molecule has 0 saturated heterocycles. The van der Waals surface area contributed by atoms with Crippen molar-refractivity contribution in [1.29, 1.82) is 0 Å². The lowest BCUT2D eigenvalue weighted by molar-refractivity contribution is -0.167. The molecular weight excluding hydrogens is 889 g/mol. The highest BCUT2D eigenvalue weighted by Crippen LogP contribution is 2.14. The van der Waals surface area contributed by atoms with E-state index in [1.165, 1.54) is 103 Å². The van der Waals surface area contributed by atoms with Crippen molar-refractivity contribution in [1.82, 2.24) is 0 Å². The highest BCUT2D eigenvalue weighted by molar-refractivity contribution is 5.71. The van der Waals surface area contributed by atoms with E-state index in [0.29, 0.717) is 19.3 Å². The Kier molecular flexibility index (Phi) is 56.4. The maximum Gasteiger partial charge on any atom is 0.306 e. The fourth-order valence-corrected chi connectivity index (χ4v) is 8.04. The Morgan fingerprint density at radius 2 is 0.542 bits per heavy atom. The average molecular weight is 1000 g/mol. The second kappa shape index (κ2) is 59.6. The Morgan fingerprint density at radius 1 is 0.292 bits per heavy atom. The number of unbranched alkanes of at least 4 members (excludes halogenated alkanes) is 24. The minimum Gasteiger partial charge on any atom is -0.462 e. The second-order valence-corrected chi connectivity index (χ2v) is 19.5. The Hall–Kier alpha value is -3.93. The van der Waals surface area contributed by atoms with E-state index in [2.05, 4.69) is 130 Å². The molecule has 6 nitrogen and oxygen atoms in total. The van der Waals surface area contributed by atoms with Crippen LogP contribution in [0.2, 0.25) is 0 Å². The lowest BCUT2D eigenvalue weighted by Gasteiger charge is -2.18. The van der Waals surface area contributed by atoms with Gasteiger partial charge in [-0.3, -0.25) is 14.4 Å². The number of rotatable bonds is 53. The summed E-state index contributed by atoms with van der Waals surface area (Å²) in [4.78, 5) is 37.8. The van der Waals surface area contributed by atoms with E-state index in [0.717, 1.165) is 128 Å². The second-order valence-electron chi connectivity index (χ2n) is 19.5. The standard InChI is InChI=1S/C66H110O6/c1-4-7-10-13-15-17-19-21-23-25-27-28-29-30-31-32-33-34-35-36-37-38-39-41-42-44-46-48-50-53-56-59-65(68)71-62-63(61-70-64(67)58-55-52-12-9-6-3)72-66(69)60-57-54-51-49-47-45-43-40-26-24-22-20-18-16-14-11-8-5-2/h7,10,15,17,21,23-24,26-28,30-31,33-34,36-37,39,41,63H,4-6,8-9,11-14,16,18-20,22,25,29,32,35,38,40,42-62H2,1-3H3/b10-7-,17-15-,23-21-,26-24-,28-27-,31-30-,34-33-,37-36-,41-39-. The molecule has 0 amide bonds. The van der Waals surface area contributed by atoms with Crippen LogP contribution in [0.15, 0.2) is 109 Å². The topological polar surface area (TPSA) is 78.9 Å². The quantitative estimate of drug-likeness (QED) is 0.0261. The van der Waals surface area contributed by atoms with Crippen molar-refractivity contribution in [2.45, 2.75) is 277 Å². The van der Waals surface area contributed by atoms with E-state index >= 15 is 0 Å². The predicted octanol–water partition coefficient (Wildman–Crippen LogP) is 20.3. The number of carbonyl (C=O) groups excluding carboxylic acids is 3. The Balaban J connectivity index is 4.13. The van der Waals surface area contributed by atoms with Gasteiger partial charge in [-0.2, -0.15) is 0 Å². The molecule has 0 aromatic carbocycles. The molecule has 1 unspecified atom stereocenters. The van der Waals surface area contributed by atoms with Crippen molar-refractivity contribution < 1.29 is 28.6 Å². The first kappa shape index (κ1) is 68.1. The van der Waals surface area contributed by atoms with Crippen LogP contribution in [0.25, 0.3) is 0 Å². The van der Waals surface area contributed by atoms with Gasteiger partial charge in [0.05, 0.1) is 0 Å². The third-order valence-electron chi connectivity index (χ3n) is 12.5. The predicted molar refractivity (Wildman–Crippen MR) is 311 cm³/mol. The van der Waals surface area contributed by atoms with Crippen LogP contribution in [0, 0.1) is 0 Å². The Labute approximate surface area is 444 Å². The molecule has 6 heteroatoms. The summed E-state index contributed by atoms with van der Waals surface area (Å²) in [7, 11) is 0. The first-order chi connectivity index (χ1) is 35.5. The third kappa shape index (κ3) is 57.0. The van der Waals surface area contributed by atoms with Crippen LogP contribution < -0.4 is 0 Å². The molecule has 0 aromatic rings. The first-order valence-corrected chi connectivity index (χ1v) is 29.9. The number of hydrogen-bond donors (Lipinski definition) is 0. The first-order valence-electron chi connectivity index (χ1n) is 29.9. The summed E-state index contributed by atoms with van der Waals surface area (Å²) >= 11 is 0. The number of carbonyl (C=O) groups is 3. The molecule has 1 atom stereocenters. The van der Waals surface area contributed by atoms with Gasteiger partial charge in [0.2, 0.25) is 0 Å². The summed E-state index contributed by atoms with van der Waals surface area (Å²) in [5.41, 5.74) is 0. The molecule has 0 bridgehead atoms.